The van der Waals surface area contributed by atoms with Crippen LogP contribution in [0.15, 0.2) is 71.7 Å². The first kappa shape index (κ1) is 29.0. The molecular weight excluding hydrogens is 575 g/mol. The second kappa shape index (κ2) is 12.1. The summed E-state index contributed by atoms with van der Waals surface area (Å²) in [5, 5.41) is 1.87. The van der Waals surface area contributed by atoms with Crippen LogP contribution in [-0.2, 0) is 27.0 Å². The van der Waals surface area contributed by atoms with Crippen LogP contribution in [0.1, 0.15) is 34.8 Å². The van der Waals surface area contributed by atoms with E-state index in [-0.39, 0.29) is 37.2 Å². The third-order valence-electron chi connectivity index (χ3n) is 6.27. The van der Waals surface area contributed by atoms with Crippen molar-refractivity contribution >= 4 is 46.1 Å². The highest BCUT2D eigenvalue weighted by Gasteiger charge is 2.37. The topological polar surface area (TPSA) is 107 Å². The fraction of sp³-hybridized carbons (Fsp3) is 0.241. The number of thioether (sulfide) groups is 1. The predicted molar refractivity (Wildman–Crippen MR) is 149 cm³/mol. The molecule has 2 heterocycles. The van der Waals surface area contributed by atoms with Crippen molar-refractivity contribution in [2.45, 2.75) is 31.3 Å². The van der Waals surface area contributed by atoms with E-state index < -0.39 is 34.8 Å². The third-order valence-corrected chi connectivity index (χ3v) is 7.46. The number of hydrogen-bond acceptors (Lipinski definition) is 8. The van der Waals surface area contributed by atoms with E-state index in [0.29, 0.717) is 28.3 Å². The van der Waals surface area contributed by atoms with Crippen LogP contribution in [0.3, 0.4) is 0 Å². The molecule has 3 aromatic carbocycles. The smallest absolute Gasteiger partial charge is 0.416 e. The van der Waals surface area contributed by atoms with E-state index >= 15 is 0 Å². The minimum Gasteiger partial charge on any atom is -0.462 e. The van der Waals surface area contributed by atoms with Gasteiger partial charge < -0.3 is 19.5 Å². The summed E-state index contributed by atoms with van der Waals surface area (Å²) in [6, 6.07) is 15.6. The molecular formula is C29H24F3N3O6S. The zero-order valence-corrected chi connectivity index (χ0v) is 23.0. The molecule has 1 saturated heterocycles. The van der Waals surface area contributed by atoms with Crippen molar-refractivity contribution in [2.75, 3.05) is 18.7 Å². The maximum absolute atomic E-state index is 13.4. The van der Waals surface area contributed by atoms with Crippen molar-refractivity contribution in [1.29, 1.82) is 0 Å². The van der Waals surface area contributed by atoms with Gasteiger partial charge in [-0.2, -0.15) is 13.2 Å². The predicted octanol–water partition coefficient (Wildman–Crippen LogP) is 5.77. The summed E-state index contributed by atoms with van der Waals surface area (Å²) in [6.07, 6.45) is -4.76. The van der Waals surface area contributed by atoms with E-state index in [1.807, 2.05) is 0 Å². The number of alkyl halides is 3. The maximum Gasteiger partial charge on any atom is 0.416 e. The normalized spacial score (nSPS) is 17.3. The number of nitrogens with one attached hydrogen (secondary N) is 1. The monoisotopic (exact) mass is 599 g/mol. The van der Waals surface area contributed by atoms with Gasteiger partial charge in [0.05, 0.1) is 30.0 Å². The van der Waals surface area contributed by atoms with Gasteiger partial charge in [-0.1, -0.05) is 23.9 Å². The van der Waals surface area contributed by atoms with Crippen LogP contribution in [0.25, 0.3) is 0 Å². The molecule has 0 radical (unpaired) electrons. The van der Waals surface area contributed by atoms with Crippen molar-refractivity contribution in [3.8, 4) is 11.5 Å². The van der Waals surface area contributed by atoms with E-state index in [2.05, 4.69) is 10.3 Å². The van der Waals surface area contributed by atoms with Crippen molar-refractivity contribution < 1.29 is 41.8 Å². The number of amides is 2. The number of carbonyl (C=O) groups is 3. The lowest BCUT2D eigenvalue weighted by Gasteiger charge is -2.32. The minimum absolute atomic E-state index is 0.0218. The van der Waals surface area contributed by atoms with Crippen LogP contribution in [-0.4, -0.2) is 46.5 Å². The Kier molecular flexibility index (Phi) is 8.39. The molecule has 1 fully saturated rings. The van der Waals surface area contributed by atoms with E-state index in [0.717, 1.165) is 23.9 Å². The molecule has 13 heteroatoms. The van der Waals surface area contributed by atoms with Crippen LogP contribution < -0.4 is 14.8 Å². The molecule has 1 unspecified atom stereocenters. The lowest BCUT2D eigenvalue weighted by atomic mass is 10.1. The fourth-order valence-electron chi connectivity index (χ4n) is 4.21. The highest BCUT2D eigenvalue weighted by molar-refractivity contribution is 8.15. The van der Waals surface area contributed by atoms with Gasteiger partial charge >= 0.3 is 12.1 Å². The van der Waals surface area contributed by atoms with Crippen LogP contribution in [0.2, 0.25) is 0 Å². The summed E-state index contributed by atoms with van der Waals surface area (Å²) in [4.78, 5) is 44.2. The summed E-state index contributed by atoms with van der Waals surface area (Å²) in [7, 11) is 0. The Morgan fingerprint density at radius 1 is 1.07 bits per heavy atom. The molecule has 0 aromatic heterocycles. The molecule has 1 N–H and O–H groups in total. The molecule has 1 atom stereocenters. The number of benzene rings is 3. The van der Waals surface area contributed by atoms with Gasteiger partial charge in [0, 0.05) is 12.1 Å². The molecule has 2 aliphatic rings. The summed E-state index contributed by atoms with van der Waals surface area (Å²) in [6.45, 7) is 2.03. The Hall–Kier alpha value is -4.52. The molecule has 2 aliphatic heterocycles. The van der Waals surface area contributed by atoms with Crippen molar-refractivity contribution in [1.82, 2.24) is 4.90 Å². The molecule has 0 bridgehead atoms. The van der Waals surface area contributed by atoms with Crippen LogP contribution in [0.4, 0.5) is 24.5 Å². The van der Waals surface area contributed by atoms with Crippen molar-refractivity contribution in [3.63, 3.8) is 0 Å². The molecule has 5 rings (SSSR count). The third kappa shape index (κ3) is 6.68. The first-order valence-electron chi connectivity index (χ1n) is 12.8. The van der Waals surface area contributed by atoms with Gasteiger partial charge in [0.1, 0.15) is 5.25 Å². The number of aliphatic imine (C=N–C) groups is 1. The summed E-state index contributed by atoms with van der Waals surface area (Å²) in [5.74, 6) is -0.372. The van der Waals surface area contributed by atoms with E-state index in [1.165, 1.54) is 41.3 Å². The second-order valence-electron chi connectivity index (χ2n) is 9.21. The van der Waals surface area contributed by atoms with Gasteiger partial charge in [-0.15, -0.1) is 0 Å². The van der Waals surface area contributed by atoms with Crippen LogP contribution in [0.5, 0.6) is 11.5 Å². The van der Waals surface area contributed by atoms with Gasteiger partial charge in [-0.25, -0.2) is 9.79 Å². The number of amidine groups is 1. The Morgan fingerprint density at radius 3 is 2.57 bits per heavy atom. The minimum atomic E-state index is -4.58. The molecule has 218 valence electrons. The Bertz CT molecular complexity index is 1540. The number of fused-ring (bicyclic) bond motifs is 1. The first-order valence-corrected chi connectivity index (χ1v) is 13.7. The largest absolute Gasteiger partial charge is 0.462 e. The molecule has 0 saturated carbocycles. The molecule has 2 amide bonds. The molecule has 3 aromatic rings. The summed E-state index contributed by atoms with van der Waals surface area (Å²) in [5.41, 5.74) is 0.465. The number of halogens is 3. The van der Waals surface area contributed by atoms with E-state index in [4.69, 9.17) is 14.2 Å². The highest BCUT2D eigenvalue weighted by Crippen LogP contribution is 2.36. The molecule has 0 spiro atoms. The molecule has 9 nitrogen and oxygen atoms in total. The standard InChI is InChI=1S/C29H24F3N3O6S/c1-2-39-27(38)18-7-9-20(10-8-18)33-26(37)24-14-25(36)35(15-17-6-11-22-23(12-17)41-16-40-22)28(42-24)34-21-5-3-4-19(13-21)29(30,31)32/h3-13,24H,2,14-16H2,1H3,(H,33,37). The van der Waals surface area contributed by atoms with E-state index in [1.54, 1.807) is 25.1 Å². The summed E-state index contributed by atoms with van der Waals surface area (Å²) >= 11 is 0.970. The Balaban J connectivity index is 1.39. The Labute approximate surface area is 242 Å². The number of ether oxygens (including phenoxy) is 3. The van der Waals surface area contributed by atoms with E-state index in [9.17, 15) is 27.6 Å². The molecule has 0 aliphatic carbocycles. The maximum atomic E-state index is 13.4. The van der Waals surface area contributed by atoms with Crippen LogP contribution >= 0.6 is 11.8 Å². The van der Waals surface area contributed by atoms with Gasteiger partial charge in [-0.05, 0) is 67.1 Å². The number of nitrogens with zero attached hydrogens (tertiary/aromatic N) is 2. The van der Waals surface area contributed by atoms with Crippen LogP contribution in [0, 0.1) is 0 Å². The second-order valence-corrected chi connectivity index (χ2v) is 10.4. The highest BCUT2D eigenvalue weighted by atomic mass is 32.2. The van der Waals surface area contributed by atoms with Gasteiger partial charge in [0.15, 0.2) is 16.7 Å². The molecule has 42 heavy (non-hydrogen) atoms. The van der Waals surface area contributed by atoms with Crippen molar-refractivity contribution in [3.05, 3.63) is 83.4 Å². The fourth-order valence-corrected chi connectivity index (χ4v) is 5.31. The number of esters is 1. The average Bonchev–Trinajstić information content (AvgIpc) is 3.43. The lowest BCUT2D eigenvalue weighted by Crippen LogP contribution is -2.44. The number of hydrogen-bond donors (Lipinski definition) is 1. The number of rotatable bonds is 7. The Morgan fingerprint density at radius 2 is 1.83 bits per heavy atom. The average molecular weight is 600 g/mol. The summed E-state index contributed by atoms with van der Waals surface area (Å²) < 4.78 is 55.7. The van der Waals surface area contributed by atoms with Gasteiger partial charge in [0.2, 0.25) is 18.6 Å². The van der Waals surface area contributed by atoms with Crippen molar-refractivity contribution in [2.24, 2.45) is 4.99 Å². The number of anilines is 1. The zero-order chi connectivity index (χ0) is 29.9. The lowest BCUT2D eigenvalue weighted by molar-refractivity contribution is -0.137. The SMILES string of the molecule is CCOC(=O)c1ccc(NC(=O)C2CC(=O)N(Cc3ccc4c(c3)OCO4)C(=Nc3cccc(C(F)(F)F)c3)S2)cc1. The zero-order valence-electron chi connectivity index (χ0n) is 22.1. The quantitative estimate of drug-likeness (QED) is 0.344. The van der Waals surface area contributed by atoms with Gasteiger partial charge in [-0.3, -0.25) is 14.5 Å². The van der Waals surface area contributed by atoms with Gasteiger partial charge in [0.25, 0.3) is 0 Å². The first-order chi connectivity index (χ1) is 20.1. The number of carbonyl (C=O) groups excluding carboxylic acids is 3.